The lowest BCUT2D eigenvalue weighted by atomic mass is 10.0. The lowest BCUT2D eigenvalue weighted by Gasteiger charge is -2.15. The van der Waals surface area contributed by atoms with Gasteiger partial charge in [0, 0.05) is 5.56 Å². The third-order valence-electron chi connectivity index (χ3n) is 2.89. The Labute approximate surface area is 107 Å². The number of carbonyl (C=O) groups excluding carboxylic acids is 1. The molecule has 0 saturated heterocycles. The number of hydrogen-bond donors (Lipinski definition) is 2. The Morgan fingerprint density at radius 3 is 2.28 bits per heavy atom. The maximum Gasteiger partial charge on any atom is 0.326 e. The van der Waals surface area contributed by atoms with Crippen molar-refractivity contribution in [1.29, 1.82) is 0 Å². The van der Waals surface area contributed by atoms with Gasteiger partial charge in [0.25, 0.3) is 5.91 Å². The third kappa shape index (κ3) is 3.32. The predicted molar refractivity (Wildman–Crippen MR) is 69.7 cm³/mol. The van der Waals surface area contributed by atoms with Gasteiger partial charge in [0.2, 0.25) is 0 Å². The highest BCUT2D eigenvalue weighted by atomic mass is 16.4. The Hall–Kier alpha value is -1.84. The molecule has 0 spiro atoms. The molecule has 0 aliphatic carbocycles. The first kappa shape index (κ1) is 14.2. The Morgan fingerprint density at radius 1 is 1.28 bits per heavy atom. The fourth-order valence-corrected chi connectivity index (χ4v) is 1.95. The Bertz CT molecular complexity index is 434. The molecule has 0 fully saturated rings. The molecule has 1 aromatic rings. The fraction of sp³-hybridized carbons (Fsp3) is 0.429. The zero-order chi connectivity index (χ0) is 13.7. The monoisotopic (exact) mass is 249 g/mol. The molecular weight excluding hydrogens is 230 g/mol. The van der Waals surface area contributed by atoms with Crippen molar-refractivity contribution in [2.45, 2.75) is 39.7 Å². The minimum absolute atomic E-state index is 0.313. The topological polar surface area (TPSA) is 66.4 Å². The van der Waals surface area contributed by atoms with Crippen LogP contribution >= 0.6 is 0 Å². The minimum atomic E-state index is -0.989. The van der Waals surface area contributed by atoms with E-state index in [0.29, 0.717) is 18.4 Å². The molecule has 0 aliphatic rings. The van der Waals surface area contributed by atoms with E-state index in [2.05, 4.69) is 5.32 Å². The first-order valence-corrected chi connectivity index (χ1v) is 6.07. The smallest absolute Gasteiger partial charge is 0.326 e. The van der Waals surface area contributed by atoms with Crippen LogP contribution in [-0.4, -0.2) is 23.0 Å². The number of aliphatic carboxylic acids is 1. The van der Waals surface area contributed by atoms with Crippen molar-refractivity contribution in [2.24, 2.45) is 0 Å². The number of hydrogen-bond acceptors (Lipinski definition) is 2. The molecular formula is C14H19NO3. The second-order valence-electron chi connectivity index (χ2n) is 4.42. The van der Waals surface area contributed by atoms with Gasteiger partial charge < -0.3 is 10.4 Å². The van der Waals surface area contributed by atoms with Gasteiger partial charge in [-0.3, -0.25) is 4.79 Å². The number of benzene rings is 1. The number of nitrogens with one attached hydrogen (secondary N) is 1. The van der Waals surface area contributed by atoms with Crippen LogP contribution in [0.5, 0.6) is 0 Å². The van der Waals surface area contributed by atoms with Crippen LogP contribution in [-0.2, 0) is 4.79 Å². The number of amides is 1. The number of aryl methyl sites for hydroxylation is 2. The molecule has 0 bridgehead atoms. The fourth-order valence-electron chi connectivity index (χ4n) is 1.95. The van der Waals surface area contributed by atoms with Crippen molar-refractivity contribution in [3.8, 4) is 0 Å². The van der Waals surface area contributed by atoms with Crippen LogP contribution in [0.25, 0.3) is 0 Å². The van der Waals surface area contributed by atoms with Gasteiger partial charge in [0.05, 0.1) is 0 Å². The maximum atomic E-state index is 12.1. The maximum absolute atomic E-state index is 12.1. The summed E-state index contributed by atoms with van der Waals surface area (Å²) in [5, 5.41) is 11.6. The summed E-state index contributed by atoms with van der Waals surface area (Å²) in [5.74, 6) is -1.30. The van der Waals surface area contributed by atoms with Crippen molar-refractivity contribution < 1.29 is 14.7 Å². The molecule has 1 aromatic carbocycles. The number of carboxylic acids is 1. The van der Waals surface area contributed by atoms with Gasteiger partial charge >= 0.3 is 5.97 Å². The molecule has 0 heterocycles. The SMILES string of the molecule is CCCC(NC(=O)c1c(C)cccc1C)C(=O)O. The Kier molecular flexibility index (Phi) is 4.89. The lowest BCUT2D eigenvalue weighted by molar-refractivity contribution is -0.139. The van der Waals surface area contributed by atoms with Crippen molar-refractivity contribution in [2.75, 3.05) is 0 Å². The minimum Gasteiger partial charge on any atom is -0.480 e. The summed E-state index contributed by atoms with van der Waals surface area (Å²) >= 11 is 0. The predicted octanol–water partition coefficient (Wildman–Crippen LogP) is 2.29. The van der Waals surface area contributed by atoms with E-state index in [1.54, 1.807) is 0 Å². The molecule has 2 N–H and O–H groups in total. The third-order valence-corrected chi connectivity index (χ3v) is 2.89. The van der Waals surface area contributed by atoms with Crippen LogP contribution in [0.15, 0.2) is 18.2 Å². The summed E-state index contributed by atoms with van der Waals surface area (Å²) in [6.45, 7) is 5.58. The van der Waals surface area contributed by atoms with Gasteiger partial charge in [-0.2, -0.15) is 0 Å². The van der Waals surface area contributed by atoms with Crippen molar-refractivity contribution in [3.63, 3.8) is 0 Å². The van der Waals surface area contributed by atoms with Crippen molar-refractivity contribution in [3.05, 3.63) is 34.9 Å². The molecule has 1 amide bonds. The molecule has 1 unspecified atom stereocenters. The summed E-state index contributed by atoms with van der Waals surface area (Å²) in [5.41, 5.74) is 2.28. The van der Waals surface area contributed by atoms with Gasteiger partial charge in [-0.1, -0.05) is 31.5 Å². The van der Waals surface area contributed by atoms with E-state index in [0.717, 1.165) is 11.1 Å². The zero-order valence-electron chi connectivity index (χ0n) is 11.0. The quantitative estimate of drug-likeness (QED) is 0.841. The molecule has 18 heavy (non-hydrogen) atoms. The average Bonchev–Trinajstić information content (AvgIpc) is 2.28. The molecule has 0 radical (unpaired) electrons. The largest absolute Gasteiger partial charge is 0.480 e. The number of carboxylic acid groups (broad SMARTS) is 1. The number of rotatable bonds is 5. The molecule has 1 atom stereocenters. The van der Waals surface area contributed by atoms with Gasteiger partial charge in [0.1, 0.15) is 6.04 Å². The van der Waals surface area contributed by atoms with E-state index in [-0.39, 0.29) is 5.91 Å². The number of carbonyl (C=O) groups is 2. The van der Waals surface area contributed by atoms with Gasteiger partial charge in [-0.25, -0.2) is 4.79 Å². The van der Waals surface area contributed by atoms with Crippen LogP contribution in [0.3, 0.4) is 0 Å². The van der Waals surface area contributed by atoms with Gasteiger partial charge in [-0.15, -0.1) is 0 Å². The first-order valence-electron chi connectivity index (χ1n) is 6.07. The molecule has 4 nitrogen and oxygen atoms in total. The standard InChI is InChI=1S/C14H19NO3/c1-4-6-11(14(17)18)15-13(16)12-9(2)7-5-8-10(12)3/h5,7-8,11H,4,6H2,1-3H3,(H,15,16)(H,17,18). The van der Waals surface area contributed by atoms with E-state index < -0.39 is 12.0 Å². The summed E-state index contributed by atoms with van der Waals surface area (Å²) in [4.78, 5) is 23.1. The van der Waals surface area contributed by atoms with Gasteiger partial charge in [0.15, 0.2) is 0 Å². The second kappa shape index (κ2) is 6.19. The van der Waals surface area contributed by atoms with Crippen molar-refractivity contribution >= 4 is 11.9 Å². The summed E-state index contributed by atoms with van der Waals surface area (Å²) in [7, 11) is 0. The molecule has 4 heteroatoms. The van der Waals surface area contributed by atoms with Crippen LogP contribution in [0.2, 0.25) is 0 Å². The first-order chi connectivity index (χ1) is 8.47. The highest BCUT2D eigenvalue weighted by molar-refractivity contribution is 5.99. The summed E-state index contributed by atoms with van der Waals surface area (Å²) in [6, 6.07) is 4.75. The summed E-state index contributed by atoms with van der Waals surface area (Å²) < 4.78 is 0. The molecule has 1 rings (SSSR count). The molecule has 0 aliphatic heterocycles. The Morgan fingerprint density at radius 2 is 1.83 bits per heavy atom. The van der Waals surface area contributed by atoms with Crippen LogP contribution in [0.1, 0.15) is 41.3 Å². The lowest BCUT2D eigenvalue weighted by Crippen LogP contribution is -2.41. The van der Waals surface area contributed by atoms with Gasteiger partial charge in [-0.05, 0) is 31.4 Å². The van der Waals surface area contributed by atoms with E-state index in [1.165, 1.54) is 0 Å². The molecule has 0 saturated carbocycles. The van der Waals surface area contributed by atoms with Crippen LogP contribution < -0.4 is 5.32 Å². The van der Waals surface area contributed by atoms with Crippen LogP contribution in [0, 0.1) is 13.8 Å². The van der Waals surface area contributed by atoms with E-state index in [9.17, 15) is 9.59 Å². The van der Waals surface area contributed by atoms with E-state index >= 15 is 0 Å². The second-order valence-corrected chi connectivity index (χ2v) is 4.42. The Balaban J connectivity index is 2.90. The van der Waals surface area contributed by atoms with Crippen molar-refractivity contribution in [1.82, 2.24) is 5.32 Å². The normalized spacial score (nSPS) is 11.9. The summed E-state index contributed by atoms with van der Waals surface area (Å²) in [6.07, 6.45) is 1.15. The highest BCUT2D eigenvalue weighted by Crippen LogP contribution is 2.13. The van der Waals surface area contributed by atoms with Crippen LogP contribution in [0.4, 0.5) is 0 Å². The highest BCUT2D eigenvalue weighted by Gasteiger charge is 2.21. The zero-order valence-corrected chi connectivity index (χ0v) is 11.0. The molecule has 0 aromatic heterocycles. The van der Waals surface area contributed by atoms with E-state index in [1.807, 2.05) is 39.0 Å². The molecule has 98 valence electrons. The van der Waals surface area contributed by atoms with E-state index in [4.69, 9.17) is 5.11 Å². The average molecular weight is 249 g/mol.